The molecule has 0 fully saturated rings. The Labute approximate surface area is 193 Å². The Hall–Kier alpha value is -1.68. The second-order valence-corrected chi connectivity index (χ2v) is 10.4. The first kappa shape index (κ1) is 23.0. The highest BCUT2D eigenvalue weighted by atomic mass is 35.5. The topological polar surface area (TPSA) is 93.0 Å². The maximum atomic E-state index is 12.5. The first-order valence-electron chi connectivity index (χ1n) is 7.96. The average molecular weight is 524 g/mol. The van der Waals surface area contributed by atoms with E-state index in [-0.39, 0.29) is 9.79 Å². The third-order valence-corrected chi connectivity index (χ3v) is 7.97. The molecule has 12 heteroatoms. The van der Waals surface area contributed by atoms with E-state index < -0.39 is 51.6 Å². The molecule has 0 heterocycles. The number of hydrogen-bond acceptors (Lipinski definition) is 4. The van der Waals surface area contributed by atoms with Crippen LogP contribution in [0.4, 0.5) is 0 Å². The standard InChI is InChI=1S/C18H10Cl4N2O4S2/c19-13-15(21)18(24-30(27,28)12-9-5-2-6-10-12)16(22)14(20)17(13)23-29(25,26)11-7-3-1-4-8-11/h1-10H. The fraction of sp³-hybridized carbons (Fsp3) is 0. The maximum Gasteiger partial charge on any atom is 0.282 e. The van der Waals surface area contributed by atoms with Gasteiger partial charge in [-0.05, 0) is 24.3 Å². The maximum absolute atomic E-state index is 12.5. The van der Waals surface area contributed by atoms with E-state index in [1.165, 1.54) is 48.5 Å². The van der Waals surface area contributed by atoms with Crippen LogP contribution in [0.3, 0.4) is 0 Å². The minimum atomic E-state index is -4.19. The van der Waals surface area contributed by atoms with Crippen molar-refractivity contribution in [3.8, 4) is 0 Å². The Morgan fingerprint density at radius 3 is 1.03 bits per heavy atom. The normalized spacial score (nSPS) is 15.5. The van der Waals surface area contributed by atoms with E-state index >= 15 is 0 Å². The lowest BCUT2D eigenvalue weighted by molar-refractivity contribution is 0.596. The minimum Gasteiger partial charge on any atom is -0.199 e. The van der Waals surface area contributed by atoms with Crippen LogP contribution in [0.5, 0.6) is 0 Å². The molecule has 2 aromatic carbocycles. The van der Waals surface area contributed by atoms with Gasteiger partial charge in [0.25, 0.3) is 20.0 Å². The number of allylic oxidation sites excluding steroid dienone is 4. The van der Waals surface area contributed by atoms with Gasteiger partial charge in [-0.3, -0.25) is 0 Å². The Balaban J connectivity index is 2.14. The highest BCUT2D eigenvalue weighted by Crippen LogP contribution is 2.36. The molecule has 0 unspecified atom stereocenters. The predicted molar refractivity (Wildman–Crippen MR) is 120 cm³/mol. The molecule has 0 amide bonds. The number of sulfonamides is 2. The smallest absolute Gasteiger partial charge is 0.199 e. The van der Waals surface area contributed by atoms with Crippen molar-refractivity contribution >= 4 is 77.9 Å². The van der Waals surface area contributed by atoms with Crippen LogP contribution >= 0.6 is 46.4 Å². The highest BCUT2D eigenvalue weighted by molar-refractivity contribution is 7.90. The molecule has 2 aromatic rings. The lowest BCUT2D eigenvalue weighted by Crippen LogP contribution is -2.18. The van der Waals surface area contributed by atoms with Crippen LogP contribution < -0.4 is 0 Å². The van der Waals surface area contributed by atoms with E-state index in [0.717, 1.165) is 0 Å². The van der Waals surface area contributed by atoms with Crippen molar-refractivity contribution in [1.82, 2.24) is 0 Å². The molecule has 0 saturated heterocycles. The van der Waals surface area contributed by atoms with Gasteiger partial charge < -0.3 is 0 Å². The largest absolute Gasteiger partial charge is 0.282 e. The molecule has 156 valence electrons. The molecule has 3 rings (SSSR count). The molecule has 0 radical (unpaired) electrons. The fourth-order valence-corrected chi connectivity index (χ4v) is 5.56. The SMILES string of the molecule is O=S(=O)(N=C1C(Cl)=C(Cl)C(=NS(=O)(=O)c2ccccc2)C(Cl)=C1Cl)c1ccccc1. The van der Waals surface area contributed by atoms with Crippen LogP contribution in [0.2, 0.25) is 0 Å². The molecular weight excluding hydrogens is 514 g/mol. The second-order valence-electron chi connectivity index (χ2n) is 5.71. The first-order chi connectivity index (χ1) is 14.0. The lowest BCUT2D eigenvalue weighted by Gasteiger charge is -2.16. The summed E-state index contributed by atoms with van der Waals surface area (Å²) >= 11 is 24.6. The summed E-state index contributed by atoms with van der Waals surface area (Å²) in [5.74, 6) is 0. The second kappa shape index (κ2) is 8.82. The summed E-state index contributed by atoms with van der Waals surface area (Å²) in [5.41, 5.74) is -0.846. The third-order valence-electron chi connectivity index (χ3n) is 3.72. The molecule has 30 heavy (non-hydrogen) atoms. The average Bonchev–Trinajstić information content (AvgIpc) is 2.74. The van der Waals surface area contributed by atoms with Gasteiger partial charge in [0.2, 0.25) is 0 Å². The van der Waals surface area contributed by atoms with Gasteiger partial charge in [0.1, 0.15) is 11.4 Å². The van der Waals surface area contributed by atoms with Crippen molar-refractivity contribution in [2.24, 2.45) is 8.80 Å². The number of benzene rings is 2. The summed E-state index contributed by atoms with van der Waals surface area (Å²) in [6.07, 6.45) is 0. The molecule has 0 aliphatic heterocycles. The van der Waals surface area contributed by atoms with Crippen molar-refractivity contribution < 1.29 is 16.8 Å². The van der Waals surface area contributed by atoms with Gasteiger partial charge in [0.05, 0.1) is 29.9 Å². The number of hydrogen-bond donors (Lipinski definition) is 0. The summed E-state index contributed by atoms with van der Waals surface area (Å²) in [6.45, 7) is 0. The van der Waals surface area contributed by atoms with Gasteiger partial charge in [-0.25, -0.2) is 0 Å². The van der Waals surface area contributed by atoms with E-state index in [1.807, 2.05) is 0 Å². The van der Waals surface area contributed by atoms with Gasteiger partial charge in [-0.2, -0.15) is 25.6 Å². The van der Waals surface area contributed by atoms with Crippen molar-refractivity contribution in [2.45, 2.75) is 9.79 Å². The van der Waals surface area contributed by atoms with Crippen molar-refractivity contribution in [1.29, 1.82) is 0 Å². The summed E-state index contributed by atoms with van der Waals surface area (Å²) < 4.78 is 57.4. The molecule has 0 saturated carbocycles. The van der Waals surface area contributed by atoms with Crippen molar-refractivity contribution in [2.75, 3.05) is 0 Å². The van der Waals surface area contributed by atoms with Gasteiger partial charge in [0.15, 0.2) is 0 Å². The Morgan fingerprint density at radius 1 is 0.500 bits per heavy atom. The summed E-state index contributed by atoms with van der Waals surface area (Å²) in [5, 5.41) is -1.64. The summed E-state index contributed by atoms with van der Waals surface area (Å²) in [6, 6.07) is 14.7. The summed E-state index contributed by atoms with van der Waals surface area (Å²) in [7, 11) is -8.39. The lowest BCUT2D eigenvalue weighted by atomic mass is 10.1. The van der Waals surface area contributed by atoms with Crippen LogP contribution in [0.15, 0.2) is 99.4 Å². The van der Waals surface area contributed by atoms with Crippen LogP contribution in [0.1, 0.15) is 0 Å². The van der Waals surface area contributed by atoms with E-state index in [2.05, 4.69) is 8.80 Å². The van der Waals surface area contributed by atoms with Gasteiger partial charge in [-0.1, -0.05) is 82.8 Å². The zero-order valence-corrected chi connectivity index (χ0v) is 19.3. The molecule has 0 atom stereocenters. The quantitative estimate of drug-likeness (QED) is 0.525. The Bertz CT molecular complexity index is 1200. The molecule has 0 aromatic heterocycles. The van der Waals surface area contributed by atoms with Crippen LogP contribution in [0.25, 0.3) is 0 Å². The molecule has 1 aliphatic carbocycles. The monoisotopic (exact) mass is 522 g/mol. The van der Waals surface area contributed by atoms with Crippen molar-refractivity contribution in [3.63, 3.8) is 0 Å². The van der Waals surface area contributed by atoms with E-state index in [0.29, 0.717) is 0 Å². The molecule has 6 nitrogen and oxygen atoms in total. The van der Waals surface area contributed by atoms with E-state index in [4.69, 9.17) is 46.4 Å². The van der Waals surface area contributed by atoms with Gasteiger partial charge >= 0.3 is 0 Å². The molecule has 1 aliphatic rings. The van der Waals surface area contributed by atoms with Gasteiger partial charge in [0, 0.05) is 0 Å². The zero-order chi connectivity index (χ0) is 22.1. The molecule has 0 bridgehead atoms. The van der Waals surface area contributed by atoms with Gasteiger partial charge in [-0.15, -0.1) is 0 Å². The first-order valence-corrected chi connectivity index (χ1v) is 12.4. The molecular formula is C18H10Cl4N2O4S2. The van der Waals surface area contributed by atoms with Crippen molar-refractivity contribution in [3.05, 3.63) is 80.8 Å². The van der Waals surface area contributed by atoms with E-state index in [9.17, 15) is 16.8 Å². The zero-order valence-electron chi connectivity index (χ0n) is 14.6. The third kappa shape index (κ3) is 4.64. The molecule has 0 spiro atoms. The van der Waals surface area contributed by atoms with Crippen LogP contribution in [0, 0.1) is 0 Å². The fourth-order valence-electron chi connectivity index (χ4n) is 2.30. The minimum absolute atomic E-state index is 0.107. The number of rotatable bonds is 4. The number of halogens is 4. The van der Waals surface area contributed by atoms with Crippen LogP contribution in [-0.4, -0.2) is 28.3 Å². The van der Waals surface area contributed by atoms with Crippen LogP contribution in [-0.2, 0) is 20.0 Å². The highest BCUT2D eigenvalue weighted by Gasteiger charge is 2.32. The summed E-state index contributed by atoms with van der Waals surface area (Å²) in [4.78, 5) is -0.213. The van der Waals surface area contributed by atoms with E-state index in [1.54, 1.807) is 12.1 Å². The predicted octanol–water partition coefficient (Wildman–Crippen LogP) is 5.04. The Morgan fingerprint density at radius 2 is 0.767 bits per heavy atom. The Kier molecular flexibility index (Phi) is 6.76. The number of nitrogens with zero attached hydrogens (tertiary/aromatic N) is 2. The molecule has 0 N–H and O–H groups in total.